The van der Waals surface area contributed by atoms with E-state index in [9.17, 15) is 9.59 Å². The van der Waals surface area contributed by atoms with E-state index in [1.807, 2.05) is 0 Å². The lowest BCUT2D eigenvalue weighted by Crippen LogP contribution is -2.12. The van der Waals surface area contributed by atoms with Gasteiger partial charge in [-0.15, -0.1) is 0 Å². The zero-order valence-electron chi connectivity index (χ0n) is 18.2. The highest BCUT2D eigenvalue weighted by molar-refractivity contribution is 5.86. The molecule has 0 fully saturated rings. The maximum Gasteiger partial charge on any atom is 0.333 e. The van der Waals surface area contributed by atoms with Crippen LogP contribution in [0.3, 0.4) is 0 Å². The Morgan fingerprint density at radius 2 is 1.52 bits per heavy atom. The van der Waals surface area contributed by atoms with Crippen LogP contribution in [0.2, 0.25) is 0 Å². The first-order valence-corrected chi connectivity index (χ1v) is 10.5. The second kappa shape index (κ2) is 20.7. The van der Waals surface area contributed by atoms with Gasteiger partial charge in [-0.2, -0.15) is 0 Å². The number of rotatable bonds is 15. The minimum absolute atomic E-state index is 0.265. The fourth-order valence-electron chi connectivity index (χ4n) is 2.33. The topological polar surface area (TPSA) is 52.6 Å². The molecule has 0 aliphatic heterocycles. The Labute approximate surface area is 167 Å². The van der Waals surface area contributed by atoms with Crippen molar-refractivity contribution >= 4 is 11.9 Å². The minimum Gasteiger partial charge on any atom is -0.462 e. The molecule has 0 bridgehead atoms. The molecule has 4 heteroatoms. The smallest absolute Gasteiger partial charge is 0.333 e. The van der Waals surface area contributed by atoms with Crippen LogP contribution in [0, 0.1) is 5.92 Å². The summed E-state index contributed by atoms with van der Waals surface area (Å²) in [6.07, 6.45) is 13.1. The molecular weight excluding hydrogens is 340 g/mol. The lowest BCUT2D eigenvalue weighted by molar-refractivity contribution is -0.140. The molecule has 0 saturated carbocycles. The van der Waals surface area contributed by atoms with Gasteiger partial charge in [0.05, 0.1) is 13.2 Å². The van der Waals surface area contributed by atoms with Crippen molar-refractivity contribution in [2.75, 3.05) is 13.2 Å². The Kier molecular flexibility index (Phi) is 21.2. The third kappa shape index (κ3) is 20.6. The molecule has 0 N–H and O–H groups in total. The molecule has 27 heavy (non-hydrogen) atoms. The van der Waals surface area contributed by atoms with Crippen LogP contribution in [0.25, 0.3) is 0 Å². The highest BCUT2D eigenvalue weighted by Crippen LogP contribution is 2.12. The van der Waals surface area contributed by atoms with Crippen molar-refractivity contribution in [1.29, 1.82) is 0 Å². The van der Waals surface area contributed by atoms with Crippen molar-refractivity contribution < 1.29 is 19.1 Å². The van der Waals surface area contributed by atoms with Gasteiger partial charge in [-0.3, -0.25) is 0 Å². The van der Waals surface area contributed by atoms with Crippen LogP contribution in [-0.2, 0) is 19.1 Å². The molecule has 1 unspecified atom stereocenters. The average Bonchev–Trinajstić information content (AvgIpc) is 2.67. The van der Waals surface area contributed by atoms with Gasteiger partial charge >= 0.3 is 11.9 Å². The number of unbranched alkanes of at least 4 members (excludes halogenated alkanes) is 6. The van der Waals surface area contributed by atoms with Crippen LogP contribution in [0.15, 0.2) is 24.8 Å². The highest BCUT2D eigenvalue weighted by atomic mass is 16.5. The number of ether oxygens (including phenoxy) is 2. The third-order valence-electron chi connectivity index (χ3n) is 4.25. The van der Waals surface area contributed by atoms with Gasteiger partial charge in [0.2, 0.25) is 0 Å². The van der Waals surface area contributed by atoms with E-state index in [-0.39, 0.29) is 11.9 Å². The third-order valence-corrected chi connectivity index (χ3v) is 4.25. The van der Waals surface area contributed by atoms with Gasteiger partial charge in [-0.05, 0) is 25.7 Å². The summed E-state index contributed by atoms with van der Waals surface area (Å²) in [5.74, 6) is -0.0580. The number of hydrogen-bond acceptors (Lipinski definition) is 4. The molecule has 0 saturated heterocycles. The molecule has 0 heterocycles. The Bertz CT molecular complexity index is 401. The maximum atomic E-state index is 11.0. The van der Waals surface area contributed by atoms with Gasteiger partial charge in [0, 0.05) is 11.6 Å². The molecule has 0 aromatic rings. The van der Waals surface area contributed by atoms with Crippen LogP contribution in [0.4, 0.5) is 0 Å². The summed E-state index contributed by atoms with van der Waals surface area (Å²) in [7, 11) is 0. The molecule has 0 radical (unpaired) electrons. The number of carbonyl (C=O) groups excluding carboxylic acids is 2. The molecule has 0 amide bonds. The van der Waals surface area contributed by atoms with Crippen molar-refractivity contribution in [1.82, 2.24) is 0 Å². The van der Waals surface area contributed by atoms with E-state index in [0.717, 1.165) is 25.7 Å². The van der Waals surface area contributed by atoms with Gasteiger partial charge in [0.15, 0.2) is 0 Å². The molecule has 0 rings (SSSR count). The average molecular weight is 383 g/mol. The van der Waals surface area contributed by atoms with Gasteiger partial charge in [0.25, 0.3) is 0 Å². The van der Waals surface area contributed by atoms with Gasteiger partial charge in [-0.1, -0.05) is 85.3 Å². The summed E-state index contributed by atoms with van der Waals surface area (Å²) in [6.45, 7) is 16.1. The summed E-state index contributed by atoms with van der Waals surface area (Å²) < 4.78 is 9.96. The van der Waals surface area contributed by atoms with Crippen LogP contribution in [0.5, 0.6) is 0 Å². The van der Waals surface area contributed by atoms with E-state index in [2.05, 4.69) is 33.9 Å². The van der Waals surface area contributed by atoms with E-state index < -0.39 is 0 Å². The summed E-state index contributed by atoms with van der Waals surface area (Å²) in [6, 6.07) is 0. The van der Waals surface area contributed by atoms with Crippen LogP contribution in [0.1, 0.15) is 91.9 Å². The zero-order valence-corrected chi connectivity index (χ0v) is 18.2. The molecule has 1 atom stereocenters. The predicted octanol–water partition coefficient (Wildman–Crippen LogP) is 6.40. The number of esters is 2. The Morgan fingerprint density at radius 1 is 0.926 bits per heavy atom. The maximum absolute atomic E-state index is 11.0. The van der Waals surface area contributed by atoms with Crippen molar-refractivity contribution in [2.24, 2.45) is 5.92 Å². The first-order valence-electron chi connectivity index (χ1n) is 10.5. The SMILES string of the molecule is C=C(C)C(=O)OCCCCCCCC.C=CC(=O)OCC(CC)CCCC. The predicted molar refractivity (Wildman–Crippen MR) is 114 cm³/mol. The number of carbonyl (C=O) groups is 2. The molecule has 158 valence electrons. The van der Waals surface area contributed by atoms with Crippen molar-refractivity contribution in [3.63, 3.8) is 0 Å². The quantitative estimate of drug-likeness (QED) is 0.187. The normalized spacial score (nSPS) is 11.0. The van der Waals surface area contributed by atoms with Gasteiger partial charge in [0.1, 0.15) is 0 Å². The van der Waals surface area contributed by atoms with Crippen LogP contribution >= 0.6 is 0 Å². The van der Waals surface area contributed by atoms with Crippen molar-refractivity contribution in [2.45, 2.75) is 91.9 Å². The molecular formula is C23H42O4. The standard InChI is InChI=1S/C12H22O2.C11H20O2/c1-4-5-6-7-8-9-10-14-12(13)11(2)3;1-4-7-8-10(5-2)9-13-11(12)6-3/h2,4-10H2,1,3H3;6,10H,3-5,7-9H2,1-2H3. The van der Waals surface area contributed by atoms with Crippen molar-refractivity contribution in [3.8, 4) is 0 Å². The van der Waals surface area contributed by atoms with Crippen molar-refractivity contribution in [3.05, 3.63) is 24.8 Å². The van der Waals surface area contributed by atoms with E-state index in [1.165, 1.54) is 44.6 Å². The number of hydrogen-bond donors (Lipinski definition) is 0. The van der Waals surface area contributed by atoms with E-state index in [4.69, 9.17) is 9.47 Å². The Morgan fingerprint density at radius 3 is 2.04 bits per heavy atom. The first kappa shape index (κ1) is 27.6. The fourth-order valence-corrected chi connectivity index (χ4v) is 2.33. The molecule has 0 aromatic heterocycles. The second-order valence-corrected chi connectivity index (χ2v) is 6.93. The lowest BCUT2D eigenvalue weighted by atomic mass is 10.0. The summed E-state index contributed by atoms with van der Waals surface area (Å²) in [5, 5.41) is 0. The van der Waals surface area contributed by atoms with Crippen LogP contribution < -0.4 is 0 Å². The Balaban J connectivity index is 0. The van der Waals surface area contributed by atoms with Gasteiger partial charge in [-0.25, -0.2) is 9.59 Å². The fraction of sp³-hybridized carbons (Fsp3) is 0.739. The minimum atomic E-state index is -0.310. The van der Waals surface area contributed by atoms with Gasteiger partial charge < -0.3 is 9.47 Å². The van der Waals surface area contributed by atoms with E-state index in [1.54, 1.807) is 6.92 Å². The second-order valence-electron chi connectivity index (χ2n) is 6.93. The zero-order chi connectivity index (χ0) is 20.9. The van der Waals surface area contributed by atoms with E-state index in [0.29, 0.717) is 24.7 Å². The largest absolute Gasteiger partial charge is 0.462 e. The Hall–Kier alpha value is -1.58. The van der Waals surface area contributed by atoms with E-state index >= 15 is 0 Å². The first-order chi connectivity index (χ1) is 12.9. The molecule has 0 aliphatic rings. The molecule has 0 aliphatic carbocycles. The molecule has 4 nitrogen and oxygen atoms in total. The summed E-state index contributed by atoms with van der Waals surface area (Å²) in [5.41, 5.74) is 0.482. The molecule has 0 spiro atoms. The van der Waals surface area contributed by atoms with Crippen LogP contribution in [-0.4, -0.2) is 25.2 Å². The molecule has 0 aromatic carbocycles. The summed E-state index contributed by atoms with van der Waals surface area (Å²) in [4.78, 5) is 21.7. The summed E-state index contributed by atoms with van der Waals surface area (Å²) >= 11 is 0. The lowest BCUT2D eigenvalue weighted by Gasteiger charge is -2.13. The highest BCUT2D eigenvalue weighted by Gasteiger charge is 2.07. The monoisotopic (exact) mass is 382 g/mol.